The maximum absolute atomic E-state index is 5.65. The van der Waals surface area contributed by atoms with Gasteiger partial charge in [0.1, 0.15) is 0 Å². The van der Waals surface area contributed by atoms with Crippen molar-refractivity contribution < 1.29 is 9.47 Å². The highest BCUT2D eigenvalue weighted by Crippen LogP contribution is 2.39. The monoisotopic (exact) mass is 142 g/mol. The van der Waals surface area contributed by atoms with Crippen molar-refractivity contribution in [2.45, 2.75) is 32.0 Å². The average molecular weight is 142 g/mol. The van der Waals surface area contributed by atoms with Crippen LogP contribution in [0.4, 0.5) is 0 Å². The lowest BCUT2D eigenvalue weighted by Gasteiger charge is -2.21. The van der Waals surface area contributed by atoms with Gasteiger partial charge in [0.05, 0.1) is 18.3 Å². The van der Waals surface area contributed by atoms with Crippen molar-refractivity contribution in [1.29, 1.82) is 0 Å². The van der Waals surface area contributed by atoms with Crippen molar-refractivity contribution in [2.75, 3.05) is 13.2 Å². The molecule has 58 valence electrons. The summed E-state index contributed by atoms with van der Waals surface area (Å²) in [6, 6.07) is 0. The molecule has 2 fully saturated rings. The molecule has 0 aromatic heterocycles. The van der Waals surface area contributed by atoms with Crippen molar-refractivity contribution in [3.05, 3.63) is 0 Å². The highest BCUT2D eigenvalue weighted by Gasteiger charge is 2.48. The molecule has 2 heterocycles. The van der Waals surface area contributed by atoms with E-state index < -0.39 is 0 Å². The molecular formula is C8H14O2. The molecule has 2 saturated heterocycles. The fraction of sp³-hybridized carbons (Fsp3) is 1.00. The van der Waals surface area contributed by atoms with Gasteiger partial charge >= 0.3 is 0 Å². The zero-order valence-corrected chi connectivity index (χ0v) is 6.59. The van der Waals surface area contributed by atoms with Crippen LogP contribution in [-0.2, 0) is 9.47 Å². The lowest BCUT2D eigenvalue weighted by molar-refractivity contribution is -0.00723. The quantitative estimate of drug-likeness (QED) is 0.506. The van der Waals surface area contributed by atoms with Crippen LogP contribution in [0.3, 0.4) is 0 Å². The summed E-state index contributed by atoms with van der Waals surface area (Å²) >= 11 is 0. The third-order valence-corrected chi connectivity index (χ3v) is 2.69. The van der Waals surface area contributed by atoms with E-state index in [1.54, 1.807) is 0 Å². The van der Waals surface area contributed by atoms with E-state index in [1.807, 2.05) is 0 Å². The predicted octanol–water partition coefficient (Wildman–Crippen LogP) is 1.20. The van der Waals surface area contributed by atoms with Crippen LogP contribution in [0, 0.1) is 5.92 Å². The van der Waals surface area contributed by atoms with Crippen LogP contribution in [0.1, 0.15) is 20.3 Å². The number of hydrogen-bond donors (Lipinski definition) is 0. The molecule has 0 N–H and O–H groups in total. The summed E-state index contributed by atoms with van der Waals surface area (Å²) in [6.45, 7) is 6.11. The summed E-state index contributed by atoms with van der Waals surface area (Å²) < 4.78 is 11.2. The van der Waals surface area contributed by atoms with Crippen molar-refractivity contribution >= 4 is 0 Å². The van der Waals surface area contributed by atoms with E-state index >= 15 is 0 Å². The first-order valence-electron chi connectivity index (χ1n) is 3.98. The minimum atomic E-state index is 0.0550. The van der Waals surface area contributed by atoms with E-state index in [0.717, 1.165) is 19.6 Å². The normalized spacial score (nSPS) is 53.4. The predicted molar refractivity (Wildman–Crippen MR) is 37.9 cm³/mol. The van der Waals surface area contributed by atoms with E-state index in [4.69, 9.17) is 9.47 Å². The zero-order chi connectivity index (χ0) is 7.19. The van der Waals surface area contributed by atoms with Gasteiger partial charge in [0.15, 0.2) is 0 Å². The van der Waals surface area contributed by atoms with Crippen molar-refractivity contribution in [2.24, 2.45) is 5.92 Å². The lowest BCUT2D eigenvalue weighted by atomic mass is 9.93. The summed E-state index contributed by atoms with van der Waals surface area (Å²) in [7, 11) is 0. The van der Waals surface area contributed by atoms with E-state index in [9.17, 15) is 0 Å². The van der Waals surface area contributed by atoms with Crippen LogP contribution in [0.15, 0.2) is 0 Å². The highest BCUT2D eigenvalue weighted by atomic mass is 16.6. The van der Waals surface area contributed by atoms with Crippen LogP contribution in [0.5, 0.6) is 0 Å². The molecule has 0 aliphatic carbocycles. The van der Waals surface area contributed by atoms with Crippen LogP contribution in [-0.4, -0.2) is 24.9 Å². The van der Waals surface area contributed by atoms with E-state index in [-0.39, 0.29) is 5.60 Å². The first-order valence-corrected chi connectivity index (χ1v) is 3.98. The highest BCUT2D eigenvalue weighted by molar-refractivity contribution is 4.97. The SMILES string of the molecule is C[C@@H]1CO[C@@]2(C)CCO[C@@H]12. The third-order valence-electron chi connectivity index (χ3n) is 2.69. The number of ether oxygens (including phenoxy) is 2. The largest absolute Gasteiger partial charge is 0.375 e. The molecule has 2 nitrogen and oxygen atoms in total. The minimum absolute atomic E-state index is 0.0550. The Morgan fingerprint density at radius 1 is 1.50 bits per heavy atom. The average Bonchev–Trinajstić information content (AvgIpc) is 2.35. The zero-order valence-electron chi connectivity index (χ0n) is 6.59. The molecule has 0 unspecified atom stereocenters. The van der Waals surface area contributed by atoms with Gasteiger partial charge in [0, 0.05) is 18.9 Å². The van der Waals surface area contributed by atoms with Gasteiger partial charge in [-0.1, -0.05) is 6.92 Å². The lowest BCUT2D eigenvalue weighted by Crippen LogP contribution is -2.32. The van der Waals surface area contributed by atoms with E-state index in [1.165, 1.54) is 0 Å². The first-order chi connectivity index (χ1) is 4.72. The first kappa shape index (κ1) is 6.62. The van der Waals surface area contributed by atoms with Crippen LogP contribution in [0.25, 0.3) is 0 Å². The summed E-state index contributed by atoms with van der Waals surface area (Å²) in [6.07, 6.45) is 1.44. The molecule has 0 aromatic carbocycles. The second kappa shape index (κ2) is 1.95. The maximum atomic E-state index is 5.65. The molecular weight excluding hydrogens is 128 g/mol. The van der Waals surface area contributed by atoms with E-state index in [0.29, 0.717) is 12.0 Å². The summed E-state index contributed by atoms with van der Waals surface area (Å²) in [5.74, 6) is 0.590. The van der Waals surface area contributed by atoms with Gasteiger partial charge in [0.25, 0.3) is 0 Å². The van der Waals surface area contributed by atoms with Gasteiger partial charge in [-0.25, -0.2) is 0 Å². The Hall–Kier alpha value is -0.0800. The summed E-state index contributed by atoms with van der Waals surface area (Å²) in [5.41, 5.74) is 0.0550. The van der Waals surface area contributed by atoms with Gasteiger partial charge in [0.2, 0.25) is 0 Å². The molecule has 0 spiro atoms. The molecule has 3 atom stereocenters. The Bertz CT molecular complexity index is 146. The minimum Gasteiger partial charge on any atom is -0.375 e. The third kappa shape index (κ3) is 0.722. The smallest absolute Gasteiger partial charge is 0.0940 e. The molecule has 0 bridgehead atoms. The van der Waals surface area contributed by atoms with Crippen molar-refractivity contribution in [3.8, 4) is 0 Å². The molecule has 2 heteroatoms. The molecule has 2 aliphatic heterocycles. The Balaban J connectivity index is 2.19. The second-order valence-corrected chi connectivity index (χ2v) is 3.64. The summed E-state index contributed by atoms with van der Waals surface area (Å²) in [5, 5.41) is 0. The van der Waals surface area contributed by atoms with Crippen LogP contribution in [0.2, 0.25) is 0 Å². The van der Waals surface area contributed by atoms with Crippen LogP contribution < -0.4 is 0 Å². The Morgan fingerprint density at radius 3 is 3.00 bits per heavy atom. The van der Waals surface area contributed by atoms with Crippen molar-refractivity contribution in [3.63, 3.8) is 0 Å². The molecule has 10 heavy (non-hydrogen) atoms. The standard InChI is InChI=1S/C8H14O2/c1-6-5-10-8(2)3-4-9-7(6)8/h6-7H,3-5H2,1-2H3/t6-,7+,8+/m1/s1. The van der Waals surface area contributed by atoms with Gasteiger partial charge in [-0.15, -0.1) is 0 Å². The number of fused-ring (bicyclic) bond motifs is 1. The van der Waals surface area contributed by atoms with E-state index in [2.05, 4.69) is 13.8 Å². The molecule has 0 radical (unpaired) electrons. The van der Waals surface area contributed by atoms with Gasteiger partial charge in [-0.05, 0) is 6.92 Å². The Kier molecular flexibility index (Phi) is 1.29. The topological polar surface area (TPSA) is 18.5 Å². The number of rotatable bonds is 0. The maximum Gasteiger partial charge on any atom is 0.0940 e. The number of hydrogen-bond acceptors (Lipinski definition) is 2. The van der Waals surface area contributed by atoms with Crippen molar-refractivity contribution in [1.82, 2.24) is 0 Å². The van der Waals surface area contributed by atoms with Crippen LogP contribution >= 0.6 is 0 Å². The Labute approximate surface area is 61.5 Å². The molecule has 0 amide bonds. The fourth-order valence-electron chi connectivity index (χ4n) is 2.04. The molecule has 2 rings (SSSR count). The van der Waals surface area contributed by atoms with Gasteiger partial charge < -0.3 is 9.47 Å². The molecule has 0 saturated carbocycles. The Morgan fingerprint density at radius 2 is 2.30 bits per heavy atom. The second-order valence-electron chi connectivity index (χ2n) is 3.64. The summed E-state index contributed by atoms with van der Waals surface area (Å²) in [4.78, 5) is 0. The van der Waals surface area contributed by atoms with Gasteiger partial charge in [-0.3, -0.25) is 0 Å². The molecule has 2 aliphatic rings. The fourth-order valence-corrected chi connectivity index (χ4v) is 2.04. The van der Waals surface area contributed by atoms with Gasteiger partial charge in [-0.2, -0.15) is 0 Å². The molecule has 0 aromatic rings.